The van der Waals surface area contributed by atoms with Crippen molar-refractivity contribution in [1.29, 1.82) is 0 Å². The van der Waals surface area contributed by atoms with Crippen molar-refractivity contribution in [1.82, 2.24) is 9.78 Å². The molecule has 0 bridgehead atoms. The van der Waals surface area contributed by atoms with Crippen molar-refractivity contribution >= 4 is 11.6 Å². The first-order valence-electron chi connectivity index (χ1n) is 7.56. The molecule has 0 unspecified atom stereocenters. The number of nitrogens with zero attached hydrogens (tertiary/aromatic N) is 2. The van der Waals surface area contributed by atoms with Crippen LogP contribution in [0.25, 0.3) is 0 Å². The van der Waals surface area contributed by atoms with Crippen LogP contribution < -0.4 is 5.32 Å². The molecule has 0 aliphatic rings. The molecule has 0 fully saturated rings. The summed E-state index contributed by atoms with van der Waals surface area (Å²) in [6, 6.07) is 3.80. The zero-order valence-corrected chi connectivity index (χ0v) is 14.1. The van der Waals surface area contributed by atoms with Gasteiger partial charge in [0.25, 0.3) is 0 Å². The SMILES string of the molecule is Cc1ccc(NC(=O)CCc2c(C)nn(C)c2C)cc1C(F)(F)F. The van der Waals surface area contributed by atoms with Crippen LogP contribution >= 0.6 is 0 Å². The fraction of sp³-hybridized carbons (Fsp3) is 0.412. The molecule has 7 heteroatoms. The summed E-state index contributed by atoms with van der Waals surface area (Å²) in [5.74, 6) is -0.324. The Hall–Kier alpha value is -2.31. The smallest absolute Gasteiger partial charge is 0.326 e. The van der Waals surface area contributed by atoms with Crippen LogP contribution in [0.3, 0.4) is 0 Å². The summed E-state index contributed by atoms with van der Waals surface area (Å²) in [7, 11) is 1.83. The van der Waals surface area contributed by atoms with Crippen LogP contribution in [0.5, 0.6) is 0 Å². The Labute approximate surface area is 138 Å². The summed E-state index contributed by atoms with van der Waals surface area (Å²) >= 11 is 0. The lowest BCUT2D eigenvalue weighted by Gasteiger charge is -2.13. The summed E-state index contributed by atoms with van der Waals surface area (Å²) in [6.45, 7) is 5.18. The lowest BCUT2D eigenvalue weighted by atomic mass is 10.1. The second-order valence-corrected chi connectivity index (χ2v) is 5.85. The normalized spacial score (nSPS) is 11.6. The van der Waals surface area contributed by atoms with E-state index < -0.39 is 11.7 Å². The highest BCUT2D eigenvalue weighted by atomic mass is 19.4. The van der Waals surface area contributed by atoms with Gasteiger partial charge >= 0.3 is 6.18 Å². The minimum Gasteiger partial charge on any atom is -0.326 e. The Morgan fingerprint density at radius 3 is 2.46 bits per heavy atom. The number of anilines is 1. The van der Waals surface area contributed by atoms with E-state index in [0.717, 1.165) is 23.0 Å². The van der Waals surface area contributed by atoms with E-state index in [9.17, 15) is 18.0 Å². The summed E-state index contributed by atoms with van der Waals surface area (Å²) in [6.07, 6.45) is -3.76. The maximum absolute atomic E-state index is 12.9. The second kappa shape index (κ2) is 6.67. The number of alkyl halides is 3. The molecule has 24 heavy (non-hydrogen) atoms. The molecule has 1 N–H and O–H groups in total. The number of aryl methyl sites for hydroxylation is 3. The molecule has 2 rings (SSSR count). The van der Waals surface area contributed by atoms with E-state index in [-0.39, 0.29) is 23.6 Å². The number of rotatable bonds is 4. The van der Waals surface area contributed by atoms with Crippen LogP contribution in [0.2, 0.25) is 0 Å². The summed E-state index contributed by atoms with van der Waals surface area (Å²) < 4.78 is 40.5. The molecule has 4 nitrogen and oxygen atoms in total. The summed E-state index contributed by atoms with van der Waals surface area (Å²) in [4.78, 5) is 12.0. The molecule has 0 aliphatic carbocycles. The molecule has 0 atom stereocenters. The van der Waals surface area contributed by atoms with Crippen molar-refractivity contribution in [2.75, 3.05) is 5.32 Å². The van der Waals surface area contributed by atoms with Gasteiger partial charge in [0.1, 0.15) is 0 Å². The van der Waals surface area contributed by atoms with Gasteiger partial charge in [-0.05, 0) is 50.5 Å². The predicted octanol–water partition coefficient (Wildman–Crippen LogP) is 3.94. The molecule has 1 heterocycles. The Bertz CT molecular complexity index is 763. The van der Waals surface area contributed by atoms with Gasteiger partial charge in [0.15, 0.2) is 0 Å². The minimum absolute atomic E-state index is 0.127. The standard InChI is InChI=1S/C17H20F3N3O/c1-10-5-6-13(9-15(10)17(18,19)20)21-16(24)8-7-14-11(2)22-23(4)12(14)3/h5-6,9H,7-8H2,1-4H3,(H,21,24). The van der Waals surface area contributed by atoms with Crippen LogP contribution in [0, 0.1) is 20.8 Å². The number of benzene rings is 1. The van der Waals surface area contributed by atoms with Crippen molar-refractivity contribution in [2.24, 2.45) is 7.05 Å². The van der Waals surface area contributed by atoms with E-state index >= 15 is 0 Å². The van der Waals surface area contributed by atoms with Crippen LogP contribution in [0.1, 0.15) is 34.5 Å². The monoisotopic (exact) mass is 339 g/mol. The number of hydrogen-bond donors (Lipinski definition) is 1. The van der Waals surface area contributed by atoms with Gasteiger partial charge in [0, 0.05) is 24.8 Å². The average molecular weight is 339 g/mol. The lowest BCUT2D eigenvalue weighted by molar-refractivity contribution is -0.138. The number of carbonyl (C=O) groups is 1. The van der Waals surface area contributed by atoms with Gasteiger partial charge in [-0.25, -0.2) is 0 Å². The lowest BCUT2D eigenvalue weighted by Crippen LogP contribution is -2.14. The number of carbonyl (C=O) groups excluding carboxylic acids is 1. The Morgan fingerprint density at radius 2 is 1.92 bits per heavy atom. The van der Waals surface area contributed by atoms with E-state index in [4.69, 9.17) is 0 Å². The van der Waals surface area contributed by atoms with Crippen LogP contribution in [0.15, 0.2) is 18.2 Å². The van der Waals surface area contributed by atoms with Crippen molar-refractivity contribution in [2.45, 2.75) is 39.8 Å². The van der Waals surface area contributed by atoms with Crippen molar-refractivity contribution in [3.05, 3.63) is 46.3 Å². The third-order valence-corrected chi connectivity index (χ3v) is 4.09. The first kappa shape index (κ1) is 18.0. The zero-order valence-electron chi connectivity index (χ0n) is 14.1. The summed E-state index contributed by atoms with van der Waals surface area (Å²) in [5, 5.41) is 6.81. The third kappa shape index (κ3) is 3.96. The van der Waals surface area contributed by atoms with E-state index in [2.05, 4.69) is 10.4 Å². The topological polar surface area (TPSA) is 46.9 Å². The van der Waals surface area contributed by atoms with Crippen LogP contribution in [0.4, 0.5) is 18.9 Å². The number of aromatic nitrogens is 2. The Balaban J connectivity index is 2.05. The van der Waals surface area contributed by atoms with E-state index in [1.807, 2.05) is 20.9 Å². The quantitative estimate of drug-likeness (QED) is 0.917. The molecular weight excluding hydrogens is 319 g/mol. The molecule has 130 valence electrons. The Morgan fingerprint density at radius 1 is 1.25 bits per heavy atom. The van der Waals surface area contributed by atoms with Gasteiger partial charge in [-0.1, -0.05) is 6.07 Å². The van der Waals surface area contributed by atoms with E-state index in [1.54, 1.807) is 4.68 Å². The molecule has 2 aromatic rings. The fourth-order valence-electron chi connectivity index (χ4n) is 2.65. The van der Waals surface area contributed by atoms with Crippen molar-refractivity contribution in [3.63, 3.8) is 0 Å². The second-order valence-electron chi connectivity index (χ2n) is 5.85. The van der Waals surface area contributed by atoms with Crippen LogP contribution in [-0.2, 0) is 24.4 Å². The average Bonchev–Trinajstić information content (AvgIpc) is 2.71. The van der Waals surface area contributed by atoms with Gasteiger partial charge in [-0.15, -0.1) is 0 Å². The summed E-state index contributed by atoms with van der Waals surface area (Å²) in [5.41, 5.74) is 2.37. The zero-order chi connectivity index (χ0) is 18.1. The molecule has 0 saturated carbocycles. The van der Waals surface area contributed by atoms with E-state index in [0.29, 0.717) is 6.42 Å². The van der Waals surface area contributed by atoms with E-state index in [1.165, 1.54) is 19.1 Å². The molecule has 0 saturated heterocycles. The van der Waals surface area contributed by atoms with Crippen molar-refractivity contribution in [3.8, 4) is 0 Å². The van der Waals surface area contributed by atoms with Crippen LogP contribution in [-0.4, -0.2) is 15.7 Å². The minimum atomic E-state index is -4.44. The molecule has 1 aromatic carbocycles. The third-order valence-electron chi connectivity index (χ3n) is 4.09. The predicted molar refractivity (Wildman–Crippen MR) is 85.8 cm³/mol. The molecule has 0 spiro atoms. The molecule has 1 aromatic heterocycles. The number of hydrogen-bond acceptors (Lipinski definition) is 2. The molecular formula is C17H20F3N3O. The highest BCUT2D eigenvalue weighted by molar-refractivity contribution is 5.91. The van der Waals surface area contributed by atoms with Gasteiger partial charge in [0.05, 0.1) is 11.3 Å². The van der Waals surface area contributed by atoms with Gasteiger partial charge in [0.2, 0.25) is 5.91 Å². The highest BCUT2D eigenvalue weighted by Crippen LogP contribution is 2.33. The molecule has 1 amide bonds. The maximum Gasteiger partial charge on any atom is 0.416 e. The van der Waals surface area contributed by atoms with Gasteiger partial charge < -0.3 is 5.32 Å². The van der Waals surface area contributed by atoms with Gasteiger partial charge in [-0.2, -0.15) is 18.3 Å². The Kier molecular flexibility index (Phi) is 5.01. The maximum atomic E-state index is 12.9. The molecule has 0 aliphatic heterocycles. The highest BCUT2D eigenvalue weighted by Gasteiger charge is 2.32. The number of halogens is 3. The molecule has 0 radical (unpaired) electrons. The van der Waals surface area contributed by atoms with Gasteiger partial charge in [-0.3, -0.25) is 9.48 Å². The fourth-order valence-corrected chi connectivity index (χ4v) is 2.65. The first-order valence-corrected chi connectivity index (χ1v) is 7.56. The number of amides is 1. The largest absolute Gasteiger partial charge is 0.416 e. The van der Waals surface area contributed by atoms with Crippen molar-refractivity contribution < 1.29 is 18.0 Å². The first-order chi connectivity index (χ1) is 11.1. The number of nitrogens with one attached hydrogen (secondary N) is 1.